The lowest BCUT2D eigenvalue weighted by atomic mass is 10.2. The van der Waals surface area contributed by atoms with E-state index in [-0.39, 0.29) is 6.61 Å². The van der Waals surface area contributed by atoms with Crippen LogP contribution < -0.4 is 0 Å². The highest BCUT2D eigenvalue weighted by molar-refractivity contribution is 6.61. The molecule has 1 N–H and O–H groups in total. The number of rotatable bonds is 2. The van der Waals surface area contributed by atoms with Gasteiger partial charge in [0.25, 0.3) is 0 Å². The van der Waals surface area contributed by atoms with E-state index < -0.39 is 11.0 Å². The van der Waals surface area contributed by atoms with Gasteiger partial charge in [0, 0.05) is 11.6 Å². The summed E-state index contributed by atoms with van der Waals surface area (Å²) in [5.41, 5.74) is -1.89. The first-order chi connectivity index (χ1) is 3.92. The van der Waals surface area contributed by atoms with Crippen molar-refractivity contribution in [1.29, 1.82) is 0 Å². The van der Waals surface area contributed by atoms with Crippen molar-refractivity contribution in [2.45, 2.75) is 19.4 Å². The third-order valence-electron chi connectivity index (χ3n) is 0.539. The van der Waals surface area contributed by atoms with Crippen molar-refractivity contribution in [1.82, 2.24) is 0 Å². The molecule has 0 aromatic rings. The fourth-order valence-corrected chi connectivity index (χ4v) is 0.288. The third-order valence-corrected chi connectivity index (χ3v) is 0.648. The molecule has 0 aliphatic rings. The Hall–Kier alpha value is -0.280. The average Bonchev–Trinajstić information content (AvgIpc) is 1.59. The summed E-state index contributed by atoms with van der Waals surface area (Å²) in [5, 5.41) is 8.93. The summed E-state index contributed by atoms with van der Waals surface area (Å²) in [5.74, 6) is 0. The molecule has 0 spiro atoms. The highest BCUT2D eigenvalue weighted by Gasteiger charge is 2.14. The first-order valence-corrected chi connectivity index (χ1v) is 2.84. The minimum atomic E-state index is -0.995. The summed E-state index contributed by atoms with van der Waals surface area (Å²) in [6.07, 6.45) is 0. The number of hydrogen-bond donors (Lipinski definition) is 1. The normalized spacial score (nSPS) is 11.1. The molecule has 3 nitrogen and oxygen atoms in total. The van der Waals surface area contributed by atoms with Gasteiger partial charge >= 0.3 is 5.43 Å². The van der Waals surface area contributed by atoms with Crippen molar-refractivity contribution in [3.63, 3.8) is 0 Å². The number of carbonyl (C=O) groups excluding carboxylic acids is 1. The number of halogens is 1. The van der Waals surface area contributed by atoms with Crippen molar-refractivity contribution in [3.8, 4) is 0 Å². The summed E-state index contributed by atoms with van der Waals surface area (Å²) < 4.78 is 4.28. The lowest BCUT2D eigenvalue weighted by Crippen LogP contribution is -2.26. The van der Waals surface area contributed by atoms with Gasteiger partial charge < -0.3 is 9.84 Å². The molecule has 0 bridgehead atoms. The Labute approximate surface area is 58.6 Å². The molecule has 0 aliphatic heterocycles. The van der Waals surface area contributed by atoms with Crippen LogP contribution in [0.15, 0.2) is 0 Å². The number of hydrogen-bond acceptors (Lipinski definition) is 3. The molecule has 54 valence electrons. The van der Waals surface area contributed by atoms with E-state index in [0.717, 1.165) is 0 Å². The summed E-state index contributed by atoms with van der Waals surface area (Å²) in [7, 11) is 0. The molecule has 0 heterocycles. The van der Waals surface area contributed by atoms with Crippen LogP contribution in [-0.4, -0.2) is 22.7 Å². The van der Waals surface area contributed by atoms with Gasteiger partial charge in [0.15, 0.2) is 0 Å². The van der Waals surface area contributed by atoms with Gasteiger partial charge in [-0.25, -0.2) is 4.79 Å². The monoisotopic (exact) mass is 152 g/mol. The van der Waals surface area contributed by atoms with Crippen LogP contribution in [0.2, 0.25) is 0 Å². The second-order valence-electron chi connectivity index (χ2n) is 2.34. The Morgan fingerprint density at radius 1 is 1.78 bits per heavy atom. The predicted molar refractivity (Wildman–Crippen MR) is 33.5 cm³/mol. The maximum Gasteiger partial charge on any atom is 0.403 e. The molecule has 4 heteroatoms. The zero-order valence-corrected chi connectivity index (χ0v) is 6.10. The van der Waals surface area contributed by atoms with Crippen molar-refractivity contribution in [2.24, 2.45) is 0 Å². The highest BCUT2D eigenvalue weighted by atomic mass is 35.5. The van der Waals surface area contributed by atoms with E-state index in [0.29, 0.717) is 0 Å². The molecule has 0 radical (unpaired) electrons. The Morgan fingerprint density at radius 3 is 2.33 bits per heavy atom. The maximum atomic E-state index is 9.92. The van der Waals surface area contributed by atoms with E-state index in [4.69, 9.17) is 16.7 Å². The van der Waals surface area contributed by atoms with E-state index in [1.165, 1.54) is 13.8 Å². The average molecular weight is 153 g/mol. The van der Waals surface area contributed by atoms with Crippen molar-refractivity contribution >= 4 is 17.0 Å². The zero-order valence-electron chi connectivity index (χ0n) is 5.35. The number of carbonyl (C=O) groups is 1. The Kier molecular flexibility index (Phi) is 2.94. The topological polar surface area (TPSA) is 46.5 Å². The van der Waals surface area contributed by atoms with Crippen LogP contribution in [0.25, 0.3) is 0 Å². The van der Waals surface area contributed by atoms with E-state index in [1.807, 2.05) is 0 Å². The van der Waals surface area contributed by atoms with Gasteiger partial charge in [0.05, 0.1) is 5.60 Å². The first-order valence-electron chi connectivity index (χ1n) is 2.46. The van der Waals surface area contributed by atoms with E-state index in [2.05, 4.69) is 4.74 Å². The van der Waals surface area contributed by atoms with Crippen LogP contribution in [0.3, 0.4) is 0 Å². The van der Waals surface area contributed by atoms with Gasteiger partial charge in [0.2, 0.25) is 0 Å². The number of ether oxygens (including phenoxy) is 1. The summed E-state index contributed by atoms with van der Waals surface area (Å²) in [6, 6.07) is 0. The quantitative estimate of drug-likeness (QED) is 0.604. The minimum absolute atomic E-state index is 0.0741. The molecule has 0 amide bonds. The van der Waals surface area contributed by atoms with Gasteiger partial charge in [-0.1, -0.05) is 0 Å². The lowest BCUT2D eigenvalue weighted by Gasteiger charge is -2.14. The van der Waals surface area contributed by atoms with Gasteiger partial charge in [-0.15, -0.1) is 0 Å². The minimum Gasteiger partial charge on any atom is -0.451 e. The van der Waals surface area contributed by atoms with Gasteiger partial charge in [-0.3, -0.25) is 0 Å². The van der Waals surface area contributed by atoms with Crippen molar-refractivity contribution < 1.29 is 14.6 Å². The SMILES string of the molecule is CC(C)(O)COC(=O)Cl. The standard InChI is InChI=1S/C5H9ClO3/c1-5(2,8)3-9-4(6)7/h8H,3H2,1-2H3. The van der Waals surface area contributed by atoms with E-state index in [1.54, 1.807) is 0 Å². The second kappa shape index (κ2) is 3.03. The molecule has 0 aliphatic carbocycles. The Morgan fingerprint density at radius 2 is 2.22 bits per heavy atom. The second-order valence-corrected chi connectivity index (χ2v) is 2.65. The summed E-state index contributed by atoms with van der Waals surface area (Å²) >= 11 is 4.81. The smallest absolute Gasteiger partial charge is 0.403 e. The zero-order chi connectivity index (χ0) is 7.49. The van der Waals surface area contributed by atoms with Gasteiger partial charge in [0.1, 0.15) is 6.61 Å². The first kappa shape index (κ1) is 8.72. The van der Waals surface area contributed by atoms with Gasteiger partial charge in [-0.05, 0) is 13.8 Å². The Bertz CT molecular complexity index is 105. The Balaban J connectivity index is 3.39. The summed E-state index contributed by atoms with van der Waals surface area (Å²) in [4.78, 5) is 9.92. The van der Waals surface area contributed by atoms with Crippen molar-refractivity contribution in [2.75, 3.05) is 6.61 Å². The molecular formula is C5H9ClO3. The molecule has 0 unspecified atom stereocenters. The van der Waals surface area contributed by atoms with Crippen LogP contribution >= 0.6 is 11.6 Å². The predicted octanol–water partition coefficient (Wildman–Crippen LogP) is 1.13. The van der Waals surface area contributed by atoms with Crippen LogP contribution in [0.5, 0.6) is 0 Å². The lowest BCUT2D eigenvalue weighted by molar-refractivity contribution is 0.0137. The molecular weight excluding hydrogens is 144 g/mol. The van der Waals surface area contributed by atoms with Gasteiger partial charge in [-0.2, -0.15) is 0 Å². The summed E-state index contributed by atoms with van der Waals surface area (Å²) in [6.45, 7) is 2.97. The molecule has 0 rings (SSSR count). The number of aliphatic hydroxyl groups is 1. The van der Waals surface area contributed by atoms with E-state index >= 15 is 0 Å². The largest absolute Gasteiger partial charge is 0.451 e. The van der Waals surface area contributed by atoms with E-state index in [9.17, 15) is 4.79 Å². The fraction of sp³-hybridized carbons (Fsp3) is 0.800. The van der Waals surface area contributed by atoms with Crippen LogP contribution in [0.1, 0.15) is 13.8 Å². The molecule has 9 heavy (non-hydrogen) atoms. The molecule has 0 aromatic heterocycles. The molecule has 0 atom stereocenters. The molecule has 0 saturated carbocycles. The fourth-order valence-electron chi connectivity index (χ4n) is 0.233. The molecule has 0 saturated heterocycles. The highest BCUT2D eigenvalue weighted by Crippen LogP contribution is 2.01. The molecule has 0 aromatic carbocycles. The maximum absolute atomic E-state index is 9.92. The van der Waals surface area contributed by atoms with Crippen LogP contribution in [-0.2, 0) is 4.74 Å². The van der Waals surface area contributed by atoms with Crippen LogP contribution in [0.4, 0.5) is 4.79 Å². The molecule has 0 fully saturated rings. The van der Waals surface area contributed by atoms with Crippen LogP contribution in [0, 0.1) is 0 Å². The van der Waals surface area contributed by atoms with Crippen molar-refractivity contribution in [3.05, 3.63) is 0 Å². The third kappa shape index (κ3) is 7.72.